The Morgan fingerprint density at radius 1 is 2.00 bits per heavy atom. The van der Waals surface area contributed by atoms with Gasteiger partial charge in [-0.2, -0.15) is 0 Å². The minimum absolute atomic E-state index is 0.102. The molecule has 2 nitrogen and oxygen atoms in total. The summed E-state index contributed by atoms with van der Waals surface area (Å²) in [6.45, 7) is 4.32. The standard InChI is InChI=1S/C5H12N2/c1-3-5(6)4-7-2/h3,5,7H,1,4,6H2,2H3. The Hall–Kier alpha value is -0.340. The molecule has 0 radical (unpaired) electrons. The quantitative estimate of drug-likeness (QED) is 0.479. The molecule has 1 unspecified atom stereocenters. The Morgan fingerprint density at radius 3 is 2.71 bits per heavy atom. The zero-order valence-electron chi connectivity index (χ0n) is 4.65. The van der Waals surface area contributed by atoms with E-state index in [0.717, 1.165) is 6.54 Å². The van der Waals surface area contributed by atoms with Crippen LogP contribution in [0, 0.1) is 0 Å². The summed E-state index contributed by atoms with van der Waals surface area (Å²) in [7, 11) is 1.86. The summed E-state index contributed by atoms with van der Waals surface area (Å²) >= 11 is 0. The molecule has 0 rings (SSSR count). The fraction of sp³-hybridized carbons (Fsp3) is 0.600. The second-order valence-corrected chi connectivity index (χ2v) is 1.46. The van der Waals surface area contributed by atoms with Gasteiger partial charge in [0.05, 0.1) is 0 Å². The first-order valence-electron chi connectivity index (χ1n) is 2.34. The number of rotatable bonds is 3. The Kier molecular flexibility index (Phi) is 3.65. The van der Waals surface area contributed by atoms with Gasteiger partial charge in [0.25, 0.3) is 0 Å². The molecule has 3 N–H and O–H groups in total. The van der Waals surface area contributed by atoms with Crippen molar-refractivity contribution < 1.29 is 0 Å². The summed E-state index contributed by atoms with van der Waals surface area (Å²) in [5.41, 5.74) is 5.40. The summed E-state index contributed by atoms with van der Waals surface area (Å²) in [6.07, 6.45) is 1.72. The zero-order chi connectivity index (χ0) is 5.70. The highest BCUT2D eigenvalue weighted by atomic mass is 14.8. The molecule has 0 saturated carbocycles. The van der Waals surface area contributed by atoms with E-state index < -0.39 is 0 Å². The van der Waals surface area contributed by atoms with Crippen LogP contribution < -0.4 is 11.1 Å². The molecule has 0 aromatic heterocycles. The second kappa shape index (κ2) is 3.84. The summed E-state index contributed by atoms with van der Waals surface area (Å²) in [5, 5.41) is 2.92. The van der Waals surface area contributed by atoms with E-state index in [4.69, 9.17) is 5.73 Å². The molecule has 7 heavy (non-hydrogen) atoms. The van der Waals surface area contributed by atoms with Crippen molar-refractivity contribution in [1.29, 1.82) is 0 Å². The predicted octanol–water partition coefficient (Wildman–Crippen LogP) is -0.281. The maximum Gasteiger partial charge on any atom is 0.0348 e. The SMILES string of the molecule is C=CC(N)CNC. The Morgan fingerprint density at radius 2 is 2.57 bits per heavy atom. The minimum Gasteiger partial charge on any atom is -0.323 e. The van der Waals surface area contributed by atoms with Gasteiger partial charge in [-0.15, -0.1) is 6.58 Å². The smallest absolute Gasteiger partial charge is 0.0348 e. The lowest BCUT2D eigenvalue weighted by molar-refractivity contribution is 0.714. The lowest BCUT2D eigenvalue weighted by atomic mass is 10.3. The molecule has 0 amide bonds. The highest BCUT2D eigenvalue weighted by Crippen LogP contribution is 1.71. The second-order valence-electron chi connectivity index (χ2n) is 1.46. The first-order chi connectivity index (χ1) is 3.31. The van der Waals surface area contributed by atoms with Gasteiger partial charge in [-0.25, -0.2) is 0 Å². The van der Waals surface area contributed by atoms with Gasteiger partial charge in [-0.1, -0.05) is 6.08 Å². The predicted molar refractivity (Wildman–Crippen MR) is 32.1 cm³/mol. The molecule has 0 saturated heterocycles. The van der Waals surface area contributed by atoms with Crippen molar-refractivity contribution >= 4 is 0 Å². The molecule has 0 fully saturated rings. The lowest BCUT2D eigenvalue weighted by Gasteiger charge is -2.01. The Bertz CT molecular complexity index is 52.0. The van der Waals surface area contributed by atoms with Crippen LogP contribution in [0.2, 0.25) is 0 Å². The molecule has 0 aliphatic rings. The minimum atomic E-state index is 0.102. The van der Waals surface area contributed by atoms with Crippen LogP contribution in [0.25, 0.3) is 0 Å². The van der Waals surface area contributed by atoms with Crippen molar-refractivity contribution in [2.24, 2.45) is 5.73 Å². The van der Waals surface area contributed by atoms with Gasteiger partial charge in [0.1, 0.15) is 0 Å². The third-order valence-electron chi connectivity index (χ3n) is 0.743. The van der Waals surface area contributed by atoms with Gasteiger partial charge >= 0.3 is 0 Å². The monoisotopic (exact) mass is 100 g/mol. The van der Waals surface area contributed by atoms with Crippen molar-refractivity contribution in [2.45, 2.75) is 6.04 Å². The van der Waals surface area contributed by atoms with Crippen molar-refractivity contribution in [3.05, 3.63) is 12.7 Å². The van der Waals surface area contributed by atoms with Crippen LogP contribution in [-0.2, 0) is 0 Å². The largest absolute Gasteiger partial charge is 0.323 e. The van der Waals surface area contributed by atoms with Gasteiger partial charge in [0, 0.05) is 12.6 Å². The fourth-order valence-electron chi connectivity index (χ4n) is 0.319. The zero-order valence-corrected chi connectivity index (χ0v) is 4.65. The fourth-order valence-corrected chi connectivity index (χ4v) is 0.319. The number of hydrogen-bond donors (Lipinski definition) is 2. The van der Waals surface area contributed by atoms with E-state index >= 15 is 0 Å². The molecule has 1 atom stereocenters. The van der Waals surface area contributed by atoms with E-state index in [-0.39, 0.29) is 6.04 Å². The third-order valence-corrected chi connectivity index (χ3v) is 0.743. The molecule has 2 heteroatoms. The number of likely N-dealkylation sites (N-methyl/N-ethyl adjacent to an activating group) is 1. The molecule has 0 aromatic rings. The Balaban J connectivity index is 2.98. The van der Waals surface area contributed by atoms with E-state index in [0.29, 0.717) is 0 Å². The summed E-state index contributed by atoms with van der Waals surface area (Å²) in [6, 6.07) is 0.102. The third kappa shape index (κ3) is 3.49. The van der Waals surface area contributed by atoms with Gasteiger partial charge in [0.2, 0.25) is 0 Å². The molecular formula is C5H12N2. The van der Waals surface area contributed by atoms with Crippen molar-refractivity contribution in [3.63, 3.8) is 0 Å². The molecule has 0 aliphatic heterocycles. The topological polar surface area (TPSA) is 38.0 Å². The molecule has 0 aliphatic carbocycles. The normalized spacial score (nSPS) is 13.4. The average Bonchev–Trinajstić information content (AvgIpc) is 1.68. The molecule has 0 heterocycles. The highest BCUT2D eigenvalue weighted by molar-refractivity contribution is 4.82. The van der Waals surface area contributed by atoms with Crippen molar-refractivity contribution in [1.82, 2.24) is 5.32 Å². The number of nitrogens with one attached hydrogen (secondary N) is 1. The number of hydrogen-bond acceptors (Lipinski definition) is 2. The van der Waals surface area contributed by atoms with Crippen LogP contribution >= 0.6 is 0 Å². The van der Waals surface area contributed by atoms with E-state index in [1.165, 1.54) is 0 Å². The highest BCUT2D eigenvalue weighted by Gasteiger charge is 1.88. The van der Waals surface area contributed by atoms with E-state index in [2.05, 4.69) is 11.9 Å². The Labute approximate surface area is 44.4 Å². The summed E-state index contributed by atoms with van der Waals surface area (Å²) in [4.78, 5) is 0. The molecular weight excluding hydrogens is 88.1 g/mol. The molecule has 0 aromatic carbocycles. The van der Waals surface area contributed by atoms with Crippen molar-refractivity contribution in [3.8, 4) is 0 Å². The van der Waals surface area contributed by atoms with E-state index in [1.54, 1.807) is 6.08 Å². The molecule has 42 valence electrons. The van der Waals surface area contributed by atoms with Crippen LogP contribution in [0.15, 0.2) is 12.7 Å². The lowest BCUT2D eigenvalue weighted by Crippen LogP contribution is -2.29. The number of nitrogens with two attached hydrogens (primary N) is 1. The molecule has 0 spiro atoms. The van der Waals surface area contributed by atoms with Gasteiger partial charge in [-0.3, -0.25) is 0 Å². The summed E-state index contributed by atoms with van der Waals surface area (Å²) in [5.74, 6) is 0. The first-order valence-corrected chi connectivity index (χ1v) is 2.34. The van der Waals surface area contributed by atoms with Crippen LogP contribution in [-0.4, -0.2) is 19.6 Å². The van der Waals surface area contributed by atoms with E-state index in [1.807, 2.05) is 7.05 Å². The average molecular weight is 100 g/mol. The van der Waals surface area contributed by atoms with Crippen LogP contribution in [0.4, 0.5) is 0 Å². The van der Waals surface area contributed by atoms with Crippen LogP contribution in [0.1, 0.15) is 0 Å². The van der Waals surface area contributed by atoms with Gasteiger partial charge in [0.15, 0.2) is 0 Å². The van der Waals surface area contributed by atoms with Gasteiger partial charge in [-0.05, 0) is 7.05 Å². The maximum absolute atomic E-state index is 5.40. The first kappa shape index (κ1) is 6.66. The van der Waals surface area contributed by atoms with Crippen LogP contribution in [0.3, 0.4) is 0 Å². The van der Waals surface area contributed by atoms with Crippen LogP contribution in [0.5, 0.6) is 0 Å². The van der Waals surface area contributed by atoms with Gasteiger partial charge < -0.3 is 11.1 Å². The maximum atomic E-state index is 5.40. The summed E-state index contributed by atoms with van der Waals surface area (Å²) < 4.78 is 0. The van der Waals surface area contributed by atoms with Crippen molar-refractivity contribution in [2.75, 3.05) is 13.6 Å². The van der Waals surface area contributed by atoms with E-state index in [9.17, 15) is 0 Å². The molecule has 0 bridgehead atoms.